The summed E-state index contributed by atoms with van der Waals surface area (Å²) in [5, 5.41) is 4.00. The molecule has 2 rings (SSSR count). The van der Waals surface area contributed by atoms with Gasteiger partial charge in [-0.3, -0.25) is 0 Å². The van der Waals surface area contributed by atoms with E-state index >= 15 is 0 Å². The molecule has 2 N–H and O–H groups in total. The molecule has 0 amide bonds. The molecule has 4 nitrogen and oxygen atoms in total. The molecular weight excluding hydrogens is 296 g/mol. The normalized spacial score (nSPS) is 10.8. The smallest absolute Gasteiger partial charge is 0.230 e. The van der Waals surface area contributed by atoms with Gasteiger partial charge >= 0.3 is 0 Å². The fourth-order valence-electron chi connectivity index (χ4n) is 1.77. The molecule has 0 atom stereocenters. The molecule has 1 aromatic heterocycles. The summed E-state index contributed by atoms with van der Waals surface area (Å²) in [6, 6.07) is 7.86. The number of anilines is 1. The fraction of sp³-hybridized carbons (Fsp3) is 0.308. The van der Waals surface area contributed by atoms with Gasteiger partial charge < -0.3 is 15.0 Å². The molecule has 0 unspecified atom stereocenters. The third-order valence-corrected chi connectivity index (χ3v) is 3.31. The van der Waals surface area contributed by atoms with Crippen LogP contribution in [0.25, 0.3) is 11.1 Å². The first-order valence-electron chi connectivity index (χ1n) is 5.80. The van der Waals surface area contributed by atoms with Gasteiger partial charge in [0.2, 0.25) is 5.88 Å². The Morgan fingerprint density at radius 3 is 2.89 bits per heavy atom. The van der Waals surface area contributed by atoms with Gasteiger partial charge in [0.05, 0.1) is 17.9 Å². The average Bonchev–Trinajstić information content (AvgIpc) is 2.72. The molecule has 2 aromatic rings. The van der Waals surface area contributed by atoms with Crippen LogP contribution in [0, 0.1) is 0 Å². The number of aromatic nitrogens is 1. The lowest BCUT2D eigenvalue weighted by atomic mass is 10.0. The Morgan fingerprint density at radius 2 is 2.17 bits per heavy atom. The van der Waals surface area contributed by atoms with Crippen molar-refractivity contribution in [1.82, 2.24) is 5.16 Å². The van der Waals surface area contributed by atoms with Gasteiger partial charge in [0.1, 0.15) is 0 Å². The van der Waals surface area contributed by atoms with Gasteiger partial charge in [-0.05, 0) is 13.0 Å². The van der Waals surface area contributed by atoms with Gasteiger partial charge in [0, 0.05) is 23.1 Å². The summed E-state index contributed by atoms with van der Waals surface area (Å²) in [5.41, 5.74) is 8.52. The number of benzene rings is 1. The lowest BCUT2D eigenvalue weighted by molar-refractivity contribution is 0.149. The maximum absolute atomic E-state index is 5.86. The maximum Gasteiger partial charge on any atom is 0.230 e. The van der Waals surface area contributed by atoms with E-state index in [1.165, 1.54) is 0 Å². The highest BCUT2D eigenvalue weighted by molar-refractivity contribution is 9.10. The van der Waals surface area contributed by atoms with Crippen LogP contribution in [0.1, 0.15) is 12.6 Å². The number of nitrogen functional groups attached to an aromatic ring is 1. The minimum Gasteiger partial charge on any atom is -0.381 e. The van der Waals surface area contributed by atoms with Crippen LogP contribution in [0.3, 0.4) is 0 Å². The summed E-state index contributed by atoms with van der Waals surface area (Å²) in [6.07, 6.45) is 0.686. The van der Waals surface area contributed by atoms with E-state index < -0.39 is 0 Å². The number of halogens is 1. The Kier molecular flexibility index (Phi) is 4.38. The van der Waals surface area contributed by atoms with Crippen LogP contribution in [0.2, 0.25) is 0 Å². The van der Waals surface area contributed by atoms with Crippen LogP contribution in [0.15, 0.2) is 33.3 Å². The number of ether oxygens (including phenoxy) is 1. The number of hydrogen-bond donors (Lipinski definition) is 1. The monoisotopic (exact) mass is 310 g/mol. The zero-order valence-electron chi connectivity index (χ0n) is 10.1. The molecule has 0 saturated carbocycles. The Morgan fingerprint density at radius 1 is 1.39 bits per heavy atom. The molecule has 18 heavy (non-hydrogen) atoms. The van der Waals surface area contributed by atoms with Crippen LogP contribution in [-0.4, -0.2) is 18.4 Å². The highest BCUT2D eigenvalue weighted by Crippen LogP contribution is 2.34. The van der Waals surface area contributed by atoms with Crippen LogP contribution >= 0.6 is 15.9 Å². The number of nitrogens with zero attached hydrogens (tertiary/aromatic N) is 1. The summed E-state index contributed by atoms with van der Waals surface area (Å²) in [5.74, 6) is 0.341. The van der Waals surface area contributed by atoms with Gasteiger partial charge in [0.25, 0.3) is 0 Å². The molecule has 96 valence electrons. The average molecular weight is 311 g/mol. The van der Waals surface area contributed by atoms with Crippen molar-refractivity contribution in [2.24, 2.45) is 0 Å². The Balaban J connectivity index is 2.32. The minimum absolute atomic E-state index is 0.341. The molecule has 0 radical (unpaired) electrons. The van der Waals surface area contributed by atoms with Crippen molar-refractivity contribution in [3.8, 4) is 11.1 Å². The first kappa shape index (κ1) is 13.1. The van der Waals surface area contributed by atoms with Crippen molar-refractivity contribution in [2.75, 3.05) is 18.9 Å². The molecule has 0 aliphatic carbocycles. The molecule has 0 fully saturated rings. The second-order valence-electron chi connectivity index (χ2n) is 3.80. The third-order valence-electron chi connectivity index (χ3n) is 2.62. The van der Waals surface area contributed by atoms with Crippen molar-refractivity contribution in [3.05, 3.63) is 34.4 Å². The van der Waals surface area contributed by atoms with Crippen LogP contribution < -0.4 is 5.73 Å². The van der Waals surface area contributed by atoms with E-state index in [0.717, 1.165) is 21.3 Å². The van der Waals surface area contributed by atoms with Crippen molar-refractivity contribution in [2.45, 2.75) is 13.3 Å². The summed E-state index contributed by atoms with van der Waals surface area (Å²) >= 11 is 3.51. The van der Waals surface area contributed by atoms with E-state index in [0.29, 0.717) is 25.5 Å². The van der Waals surface area contributed by atoms with Crippen molar-refractivity contribution >= 4 is 21.8 Å². The van der Waals surface area contributed by atoms with E-state index in [2.05, 4.69) is 21.1 Å². The van der Waals surface area contributed by atoms with E-state index in [4.69, 9.17) is 15.0 Å². The summed E-state index contributed by atoms with van der Waals surface area (Å²) in [4.78, 5) is 0. The number of hydrogen-bond acceptors (Lipinski definition) is 4. The summed E-state index contributed by atoms with van der Waals surface area (Å²) in [7, 11) is 0. The summed E-state index contributed by atoms with van der Waals surface area (Å²) in [6.45, 7) is 3.27. The zero-order chi connectivity index (χ0) is 13.0. The van der Waals surface area contributed by atoms with Gasteiger partial charge in [-0.25, -0.2) is 0 Å². The van der Waals surface area contributed by atoms with Crippen molar-refractivity contribution in [3.63, 3.8) is 0 Å². The number of nitrogens with two attached hydrogens (primary N) is 1. The highest BCUT2D eigenvalue weighted by Gasteiger charge is 2.17. The van der Waals surface area contributed by atoms with E-state index in [9.17, 15) is 0 Å². The molecular formula is C13H15BrN2O2. The molecule has 0 saturated heterocycles. The van der Waals surface area contributed by atoms with Gasteiger partial charge in [-0.15, -0.1) is 0 Å². The molecule has 0 aliphatic heterocycles. The molecule has 5 heteroatoms. The number of rotatable bonds is 5. The first-order valence-corrected chi connectivity index (χ1v) is 6.60. The first-order chi connectivity index (χ1) is 8.74. The maximum atomic E-state index is 5.86. The van der Waals surface area contributed by atoms with Gasteiger partial charge in [-0.1, -0.05) is 39.3 Å². The van der Waals surface area contributed by atoms with Gasteiger partial charge in [-0.2, -0.15) is 0 Å². The van der Waals surface area contributed by atoms with E-state index in [1.54, 1.807) is 0 Å². The van der Waals surface area contributed by atoms with E-state index in [1.807, 2.05) is 31.2 Å². The lowest BCUT2D eigenvalue weighted by Crippen LogP contribution is -2.00. The molecule has 0 bridgehead atoms. The lowest BCUT2D eigenvalue weighted by Gasteiger charge is -2.05. The largest absolute Gasteiger partial charge is 0.381 e. The van der Waals surface area contributed by atoms with Crippen LogP contribution in [0.4, 0.5) is 5.88 Å². The summed E-state index contributed by atoms with van der Waals surface area (Å²) < 4.78 is 11.4. The van der Waals surface area contributed by atoms with Crippen LogP contribution in [-0.2, 0) is 11.2 Å². The Hall–Kier alpha value is -1.33. The highest BCUT2D eigenvalue weighted by atomic mass is 79.9. The van der Waals surface area contributed by atoms with E-state index in [-0.39, 0.29) is 0 Å². The van der Waals surface area contributed by atoms with Crippen molar-refractivity contribution in [1.29, 1.82) is 0 Å². The quantitative estimate of drug-likeness (QED) is 0.861. The predicted octanol–water partition coefficient (Wildman–Crippen LogP) is 3.27. The fourth-order valence-corrected chi connectivity index (χ4v) is 2.26. The molecule has 1 heterocycles. The molecule has 0 spiro atoms. The Bertz CT molecular complexity index is 525. The SMILES string of the molecule is CCOCCc1noc(N)c1-c1ccccc1Br. The van der Waals surface area contributed by atoms with Gasteiger partial charge in [0.15, 0.2) is 0 Å². The minimum atomic E-state index is 0.341. The van der Waals surface area contributed by atoms with Crippen molar-refractivity contribution < 1.29 is 9.26 Å². The Labute approximate surface area is 114 Å². The zero-order valence-corrected chi connectivity index (χ0v) is 11.7. The van der Waals surface area contributed by atoms with Crippen LogP contribution in [0.5, 0.6) is 0 Å². The predicted molar refractivity (Wildman–Crippen MR) is 74.2 cm³/mol. The molecule has 1 aromatic carbocycles. The second-order valence-corrected chi connectivity index (χ2v) is 4.65. The third kappa shape index (κ3) is 2.73. The second kappa shape index (κ2) is 6.02. The topological polar surface area (TPSA) is 61.3 Å². The molecule has 0 aliphatic rings. The standard InChI is InChI=1S/C13H15BrN2O2/c1-2-17-8-7-11-12(13(15)18-16-11)9-5-3-4-6-10(9)14/h3-6H,2,7-8,15H2,1H3.